The normalized spacial score (nSPS) is 20.1. The largest absolute Gasteiger partial charge is 0.398 e. The maximum Gasteiger partial charge on any atom is 0.251 e. The highest BCUT2D eigenvalue weighted by Crippen LogP contribution is 2.60. The summed E-state index contributed by atoms with van der Waals surface area (Å²) in [5.74, 6) is 0.896. The number of aryl methyl sites for hydroxylation is 2. The van der Waals surface area contributed by atoms with E-state index < -0.39 is 0 Å². The van der Waals surface area contributed by atoms with E-state index in [1.807, 2.05) is 19.9 Å². The van der Waals surface area contributed by atoms with Crippen LogP contribution in [0.2, 0.25) is 0 Å². The van der Waals surface area contributed by atoms with Gasteiger partial charge in [0.1, 0.15) is 0 Å². The van der Waals surface area contributed by atoms with E-state index in [0.717, 1.165) is 29.2 Å². The highest BCUT2D eigenvalue weighted by molar-refractivity contribution is 5.96. The summed E-state index contributed by atoms with van der Waals surface area (Å²) in [4.78, 5) is 12.3. The second-order valence-electron chi connectivity index (χ2n) is 6.34. The molecule has 0 heterocycles. The van der Waals surface area contributed by atoms with Crippen LogP contribution in [0.4, 0.5) is 5.69 Å². The number of benzene rings is 1. The third-order valence-corrected chi connectivity index (χ3v) is 4.79. The summed E-state index contributed by atoms with van der Waals surface area (Å²) >= 11 is 0. The van der Waals surface area contributed by atoms with Crippen LogP contribution in [0.3, 0.4) is 0 Å². The molecule has 1 aromatic rings. The summed E-state index contributed by atoms with van der Waals surface area (Å²) in [6.07, 6.45) is 5.28. The molecule has 0 aliphatic heterocycles. The molecule has 0 saturated heterocycles. The Morgan fingerprint density at radius 3 is 2.58 bits per heavy atom. The van der Waals surface area contributed by atoms with E-state index in [9.17, 15) is 4.79 Å². The van der Waals surface area contributed by atoms with Gasteiger partial charge in [0, 0.05) is 17.8 Å². The van der Waals surface area contributed by atoms with Crippen LogP contribution in [0.5, 0.6) is 0 Å². The molecule has 2 fully saturated rings. The fourth-order valence-corrected chi connectivity index (χ4v) is 3.05. The van der Waals surface area contributed by atoms with E-state index in [4.69, 9.17) is 5.73 Å². The molecule has 3 heteroatoms. The fraction of sp³-hybridized carbons (Fsp3) is 0.562. The van der Waals surface area contributed by atoms with E-state index in [-0.39, 0.29) is 5.91 Å². The molecule has 0 radical (unpaired) electrons. The van der Waals surface area contributed by atoms with Gasteiger partial charge in [0.2, 0.25) is 0 Å². The fourth-order valence-electron chi connectivity index (χ4n) is 3.05. The van der Waals surface area contributed by atoms with Gasteiger partial charge < -0.3 is 11.1 Å². The zero-order chi connectivity index (χ0) is 13.6. The molecule has 2 aliphatic rings. The molecule has 1 amide bonds. The first-order chi connectivity index (χ1) is 9.02. The molecular formula is C16H22N2O. The van der Waals surface area contributed by atoms with Crippen LogP contribution in [0.1, 0.15) is 47.2 Å². The smallest absolute Gasteiger partial charge is 0.251 e. The second kappa shape index (κ2) is 4.26. The lowest BCUT2D eigenvalue weighted by Gasteiger charge is -2.16. The minimum Gasteiger partial charge on any atom is -0.398 e. The Labute approximate surface area is 114 Å². The van der Waals surface area contributed by atoms with E-state index in [1.54, 1.807) is 6.07 Å². The molecule has 3 nitrogen and oxygen atoms in total. The Bertz CT molecular complexity index is 528. The molecule has 0 spiro atoms. The third-order valence-electron chi connectivity index (χ3n) is 4.79. The van der Waals surface area contributed by atoms with E-state index >= 15 is 0 Å². The maximum atomic E-state index is 12.3. The van der Waals surface area contributed by atoms with Crippen LogP contribution >= 0.6 is 0 Å². The van der Waals surface area contributed by atoms with Crippen LogP contribution in [0.15, 0.2) is 12.1 Å². The molecule has 0 atom stereocenters. The van der Waals surface area contributed by atoms with Crippen molar-refractivity contribution in [1.29, 1.82) is 0 Å². The van der Waals surface area contributed by atoms with Gasteiger partial charge in [-0.15, -0.1) is 0 Å². The summed E-state index contributed by atoms with van der Waals surface area (Å²) in [5.41, 5.74) is 9.79. The van der Waals surface area contributed by atoms with Crippen molar-refractivity contribution in [3.8, 4) is 0 Å². The topological polar surface area (TPSA) is 55.1 Å². The van der Waals surface area contributed by atoms with Gasteiger partial charge in [-0.1, -0.05) is 6.07 Å². The van der Waals surface area contributed by atoms with Gasteiger partial charge in [0.05, 0.1) is 0 Å². The van der Waals surface area contributed by atoms with Crippen molar-refractivity contribution >= 4 is 11.6 Å². The van der Waals surface area contributed by atoms with Gasteiger partial charge in [-0.2, -0.15) is 0 Å². The van der Waals surface area contributed by atoms with E-state index in [2.05, 4.69) is 5.32 Å². The van der Waals surface area contributed by atoms with Gasteiger partial charge in [-0.25, -0.2) is 0 Å². The lowest BCUT2D eigenvalue weighted by atomic mass is 9.99. The summed E-state index contributed by atoms with van der Waals surface area (Å²) in [6, 6.07) is 3.79. The van der Waals surface area contributed by atoms with Crippen molar-refractivity contribution in [2.24, 2.45) is 11.3 Å². The summed E-state index contributed by atoms with van der Waals surface area (Å²) in [5, 5.41) is 3.12. The number of nitrogens with two attached hydrogens (primary N) is 1. The molecule has 3 rings (SSSR count). The molecule has 0 bridgehead atoms. The molecule has 19 heavy (non-hydrogen) atoms. The molecule has 2 aliphatic carbocycles. The zero-order valence-electron chi connectivity index (χ0n) is 11.8. The highest BCUT2D eigenvalue weighted by atomic mass is 16.1. The van der Waals surface area contributed by atoms with Gasteiger partial charge in [-0.3, -0.25) is 4.79 Å². The number of carbonyl (C=O) groups is 1. The van der Waals surface area contributed by atoms with Crippen LogP contribution in [0.25, 0.3) is 0 Å². The minimum atomic E-state index is 0.0242. The van der Waals surface area contributed by atoms with Crippen LogP contribution in [0, 0.1) is 25.2 Å². The van der Waals surface area contributed by atoms with Gasteiger partial charge in [0.15, 0.2) is 0 Å². The first kappa shape index (κ1) is 12.5. The lowest BCUT2D eigenvalue weighted by Crippen LogP contribution is -2.31. The van der Waals surface area contributed by atoms with Crippen molar-refractivity contribution in [2.75, 3.05) is 12.3 Å². The first-order valence-electron chi connectivity index (χ1n) is 7.17. The van der Waals surface area contributed by atoms with Gasteiger partial charge in [-0.05, 0) is 68.1 Å². The number of anilines is 1. The molecule has 3 N–H and O–H groups in total. The number of carbonyl (C=O) groups excluding carboxylic acids is 1. The number of nitrogen functional groups attached to an aromatic ring is 1. The Morgan fingerprint density at radius 1 is 1.32 bits per heavy atom. The van der Waals surface area contributed by atoms with Gasteiger partial charge in [0.25, 0.3) is 5.91 Å². The highest BCUT2D eigenvalue weighted by Gasteiger charge is 2.53. The number of rotatable bonds is 4. The third kappa shape index (κ3) is 2.34. The Morgan fingerprint density at radius 2 is 2.00 bits per heavy atom. The average Bonchev–Trinajstić information content (AvgIpc) is 3.23. The molecule has 0 aromatic heterocycles. The predicted octanol–water partition coefficient (Wildman–Crippen LogP) is 2.81. The number of amides is 1. The maximum absolute atomic E-state index is 12.3. The summed E-state index contributed by atoms with van der Waals surface area (Å²) in [7, 11) is 0. The monoisotopic (exact) mass is 258 g/mol. The number of nitrogens with one attached hydrogen (secondary N) is 1. The van der Waals surface area contributed by atoms with Gasteiger partial charge >= 0.3 is 0 Å². The van der Waals surface area contributed by atoms with Crippen molar-refractivity contribution in [1.82, 2.24) is 5.32 Å². The zero-order valence-corrected chi connectivity index (χ0v) is 11.8. The van der Waals surface area contributed by atoms with Crippen molar-refractivity contribution < 1.29 is 4.79 Å². The SMILES string of the molecule is Cc1cc(C)c(C(=O)NCC2(C3CC3)CC2)cc1N. The van der Waals surface area contributed by atoms with Crippen molar-refractivity contribution in [3.63, 3.8) is 0 Å². The molecule has 2 saturated carbocycles. The Balaban J connectivity index is 1.68. The average molecular weight is 258 g/mol. The van der Waals surface area contributed by atoms with E-state index in [0.29, 0.717) is 11.1 Å². The standard InChI is InChI=1S/C16H22N2O/c1-10-7-11(2)14(17)8-13(10)15(19)18-9-16(5-6-16)12-3-4-12/h7-8,12H,3-6,9,17H2,1-2H3,(H,18,19). The number of hydrogen-bond donors (Lipinski definition) is 2. The molecule has 0 unspecified atom stereocenters. The Hall–Kier alpha value is -1.51. The predicted molar refractivity (Wildman–Crippen MR) is 77.1 cm³/mol. The second-order valence-corrected chi connectivity index (χ2v) is 6.34. The van der Waals surface area contributed by atoms with Crippen molar-refractivity contribution in [2.45, 2.75) is 39.5 Å². The van der Waals surface area contributed by atoms with Crippen LogP contribution < -0.4 is 11.1 Å². The summed E-state index contributed by atoms with van der Waals surface area (Å²) < 4.78 is 0. The van der Waals surface area contributed by atoms with Crippen LogP contribution in [-0.4, -0.2) is 12.5 Å². The molecular weight excluding hydrogens is 236 g/mol. The minimum absolute atomic E-state index is 0.0242. The lowest BCUT2D eigenvalue weighted by molar-refractivity contribution is 0.0942. The first-order valence-corrected chi connectivity index (χ1v) is 7.17. The Kier molecular flexibility index (Phi) is 2.80. The molecule has 102 valence electrons. The van der Waals surface area contributed by atoms with Crippen molar-refractivity contribution in [3.05, 3.63) is 28.8 Å². The van der Waals surface area contributed by atoms with Crippen LogP contribution in [-0.2, 0) is 0 Å². The van der Waals surface area contributed by atoms with E-state index in [1.165, 1.54) is 25.7 Å². The quantitative estimate of drug-likeness (QED) is 0.816. The molecule has 1 aromatic carbocycles. The summed E-state index contributed by atoms with van der Waals surface area (Å²) in [6.45, 7) is 4.77. The number of hydrogen-bond acceptors (Lipinski definition) is 2.